The molecule has 0 heterocycles. The maximum absolute atomic E-state index is 11.8. The van der Waals surface area contributed by atoms with E-state index in [2.05, 4.69) is 26.6 Å². The highest BCUT2D eigenvalue weighted by molar-refractivity contribution is 9.10. The summed E-state index contributed by atoms with van der Waals surface area (Å²) in [6.45, 7) is -0.497. The summed E-state index contributed by atoms with van der Waals surface area (Å²) >= 11 is 3.25. The fraction of sp³-hybridized carbons (Fsp3) is 0.438. The summed E-state index contributed by atoms with van der Waals surface area (Å²) in [4.78, 5) is 35.1. The van der Waals surface area contributed by atoms with E-state index in [1.54, 1.807) is 24.3 Å². The molecule has 1 aliphatic carbocycles. The lowest BCUT2D eigenvalue weighted by atomic mass is 9.96. The normalized spacial score (nSPS) is 14.8. The van der Waals surface area contributed by atoms with Gasteiger partial charge in [0.25, 0.3) is 5.91 Å². The van der Waals surface area contributed by atoms with Gasteiger partial charge in [-0.15, -0.1) is 0 Å². The van der Waals surface area contributed by atoms with Crippen molar-refractivity contribution in [2.75, 3.05) is 6.61 Å². The Hall–Kier alpha value is -1.89. The predicted octanol–water partition coefficient (Wildman–Crippen LogP) is 2.76. The van der Waals surface area contributed by atoms with Crippen molar-refractivity contribution in [2.45, 2.75) is 38.1 Å². The van der Waals surface area contributed by atoms with Crippen molar-refractivity contribution in [1.29, 1.82) is 0 Å². The Labute approximate surface area is 143 Å². The molecule has 0 bridgehead atoms. The molecule has 0 unspecified atom stereocenters. The largest absolute Gasteiger partial charge is 0.452 e. The van der Waals surface area contributed by atoms with Gasteiger partial charge in [0.05, 0.1) is 5.56 Å². The molecule has 0 spiro atoms. The number of urea groups is 1. The Bertz CT molecular complexity index is 585. The van der Waals surface area contributed by atoms with E-state index in [0.717, 1.165) is 30.2 Å². The fourth-order valence-corrected chi connectivity index (χ4v) is 2.86. The topological polar surface area (TPSA) is 84.5 Å². The van der Waals surface area contributed by atoms with Crippen LogP contribution in [0.2, 0.25) is 0 Å². The first kappa shape index (κ1) is 17.5. The van der Waals surface area contributed by atoms with Gasteiger partial charge < -0.3 is 10.1 Å². The summed E-state index contributed by atoms with van der Waals surface area (Å²) in [7, 11) is 0. The van der Waals surface area contributed by atoms with Crippen LogP contribution in [0, 0.1) is 0 Å². The summed E-state index contributed by atoms with van der Waals surface area (Å²) in [6.07, 6.45) is 5.22. The van der Waals surface area contributed by atoms with E-state index in [0.29, 0.717) is 5.56 Å². The van der Waals surface area contributed by atoms with Crippen molar-refractivity contribution in [1.82, 2.24) is 10.6 Å². The highest BCUT2D eigenvalue weighted by atomic mass is 79.9. The Morgan fingerprint density at radius 3 is 2.61 bits per heavy atom. The molecule has 0 saturated heterocycles. The van der Waals surface area contributed by atoms with Gasteiger partial charge in [0.2, 0.25) is 0 Å². The minimum Gasteiger partial charge on any atom is -0.452 e. The summed E-state index contributed by atoms with van der Waals surface area (Å²) in [5.74, 6) is -1.27. The molecule has 1 fully saturated rings. The zero-order valence-electron chi connectivity index (χ0n) is 12.6. The molecular formula is C16H19BrN2O4. The quantitative estimate of drug-likeness (QED) is 0.784. The zero-order valence-corrected chi connectivity index (χ0v) is 14.2. The molecule has 1 aliphatic rings. The van der Waals surface area contributed by atoms with Crippen LogP contribution in [0.4, 0.5) is 4.79 Å². The average molecular weight is 383 g/mol. The molecule has 0 radical (unpaired) electrons. The van der Waals surface area contributed by atoms with Crippen LogP contribution in [-0.4, -0.2) is 30.6 Å². The molecular weight excluding hydrogens is 364 g/mol. The van der Waals surface area contributed by atoms with E-state index in [1.165, 1.54) is 6.42 Å². The molecule has 6 nitrogen and oxygen atoms in total. The van der Waals surface area contributed by atoms with E-state index in [9.17, 15) is 14.4 Å². The number of carbonyl (C=O) groups excluding carboxylic acids is 3. The molecule has 2 rings (SSSR count). The number of nitrogens with one attached hydrogen (secondary N) is 2. The number of esters is 1. The average Bonchev–Trinajstić information content (AvgIpc) is 2.53. The standard InChI is InChI=1S/C16H19BrN2O4/c17-12-6-4-5-11(9-12)15(21)23-10-14(20)19-16(22)18-13-7-2-1-3-8-13/h4-6,9,13H,1-3,7-8,10H2,(H2,18,19,20,22). The monoisotopic (exact) mass is 382 g/mol. The second kappa shape index (κ2) is 8.67. The van der Waals surface area contributed by atoms with Gasteiger partial charge in [-0.25, -0.2) is 9.59 Å². The number of halogens is 1. The summed E-state index contributed by atoms with van der Waals surface area (Å²) in [5.41, 5.74) is 0.332. The third kappa shape index (κ3) is 6.02. The zero-order chi connectivity index (χ0) is 16.7. The maximum Gasteiger partial charge on any atom is 0.338 e. The molecule has 0 aliphatic heterocycles. The molecule has 0 aromatic heterocycles. The highest BCUT2D eigenvalue weighted by Gasteiger charge is 2.17. The van der Waals surface area contributed by atoms with Crippen LogP contribution in [0.25, 0.3) is 0 Å². The van der Waals surface area contributed by atoms with Crippen molar-refractivity contribution in [3.8, 4) is 0 Å². The van der Waals surface area contributed by atoms with Crippen molar-refractivity contribution < 1.29 is 19.1 Å². The van der Waals surface area contributed by atoms with Gasteiger partial charge >= 0.3 is 12.0 Å². The molecule has 3 amide bonds. The van der Waals surface area contributed by atoms with Crippen LogP contribution in [-0.2, 0) is 9.53 Å². The number of rotatable bonds is 4. The predicted molar refractivity (Wildman–Crippen MR) is 88.0 cm³/mol. The second-order valence-corrected chi connectivity index (χ2v) is 6.36. The van der Waals surface area contributed by atoms with Gasteiger partial charge in [-0.3, -0.25) is 10.1 Å². The number of hydrogen-bond acceptors (Lipinski definition) is 4. The van der Waals surface area contributed by atoms with Gasteiger partial charge in [0, 0.05) is 10.5 Å². The minimum absolute atomic E-state index is 0.112. The number of carbonyl (C=O) groups is 3. The van der Waals surface area contributed by atoms with Crippen molar-refractivity contribution in [3.63, 3.8) is 0 Å². The third-order valence-corrected chi connectivity index (χ3v) is 4.08. The van der Waals surface area contributed by atoms with E-state index in [-0.39, 0.29) is 6.04 Å². The van der Waals surface area contributed by atoms with Crippen LogP contribution in [0.5, 0.6) is 0 Å². The van der Waals surface area contributed by atoms with Crippen molar-refractivity contribution >= 4 is 33.8 Å². The first-order chi connectivity index (χ1) is 11.0. The first-order valence-electron chi connectivity index (χ1n) is 7.57. The molecule has 1 aromatic rings. The second-order valence-electron chi connectivity index (χ2n) is 5.44. The number of hydrogen-bond donors (Lipinski definition) is 2. The number of ether oxygens (including phenoxy) is 1. The molecule has 0 atom stereocenters. The Balaban J connectivity index is 1.71. The Kier molecular flexibility index (Phi) is 6.58. The molecule has 1 aromatic carbocycles. The van der Waals surface area contributed by atoms with Gasteiger partial charge in [-0.2, -0.15) is 0 Å². The number of benzene rings is 1. The number of amides is 3. The molecule has 2 N–H and O–H groups in total. The highest BCUT2D eigenvalue weighted by Crippen LogP contribution is 2.17. The minimum atomic E-state index is -0.651. The summed E-state index contributed by atoms with van der Waals surface area (Å²) in [5, 5.41) is 4.93. The molecule has 23 heavy (non-hydrogen) atoms. The van der Waals surface area contributed by atoms with Gasteiger partial charge in [-0.05, 0) is 31.0 Å². The molecule has 124 valence electrons. The smallest absolute Gasteiger partial charge is 0.338 e. The van der Waals surface area contributed by atoms with E-state index < -0.39 is 24.5 Å². The van der Waals surface area contributed by atoms with Crippen LogP contribution >= 0.6 is 15.9 Å². The SMILES string of the molecule is O=C(COC(=O)c1cccc(Br)c1)NC(=O)NC1CCCCC1. The van der Waals surface area contributed by atoms with Crippen LogP contribution < -0.4 is 10.6 Å². The summed E-state index contributed by atoms with van der Waals surface area (Å²) < 4.78 is 5.62. The lowest BCUT2D eigenvalue weighted by Gasteiger charge is -2.22. The van der Waals surface area contributed by atoms with Crippen LogP contribution in [0.3, 0.4) is 0 Å². The lowest BCUT2D eigenvalue weighted by molar-refractivity contribution is -0.123. The Morgan fingerprint density at radius 2 is 1.91 bits per heavy atom. The third-order valence-electron chi connectivity index (χ3n) is 3.59. The van der Waals surface area contributed by atoms with Gasteiger partial charge in [0.15, 0.2) is 6.61 Å². The first-order valence-corrected chi connectivity index (χ1v) is 8.37. The van der Waals surface area contributed by atoms with Gasteiger partial charge in [-0.1, -0.05) is 41.3 Å². The molecule has 7 heteroatoms. The van der Waals surface area contributed by atoms with E-state index in [4.69, 9.17) is 4.74 Å². The molecule has 1 saturated carbocycles. The number of imide groups is 1. The van der Waals surface area contributed by atoms with Crippen molar-refractivity contribution in [3.05, 3.63) is 34.3 Å². The summed E-state index contributed by atoms with van der Waals surface area (Å²) in [6, 6.07) is 6.22. The van der Waals surface area contributed by atoms with Crippen LogP contribution in [0.1, 0.15) is 42.5 Å². The fourth-order valence-electron chi connectivity index (χ4n) is 2.46. The van der Waals surface area contributed by atoms with E-state index in [1.807, 2.05) is 0 Å². The van der Waals surface area contributed by atoms with Gasteiger partial charge in [0.1, 0.15) is 0 Å². The Morgan fingerprint density at radius 1 is 1.17 bits per heavy atom. The lowest BCUT2D eigenvalue weighted by Crippen LogP contribution is -2.46. The maximum atomic E-state index is 11.8. The van der Waals surface area contributed by atoms with Crippen LogP contribution in [0.15, 0.2) is 28.7 Å². The van der Waals surface area contributed by atoms with Crippen molar-refractivity contribution in [2.24, 2.45) is 0 Å². The van der Waals surface area contributed by atoms with E-state index >= 15 is 0 Å².